The topological polar surface area (TPSA) is 102 Å². The molecule has 0 N–H and O–H groups in total. The van der Waals surface area contributed by atoms with Crippen molar-refractivity contribution in [1.82, 2.24) is 24.8 Å². The molecule has 282 valence electrons. The number of halogens is 2. The van der Waals surface area contributed by atoms with E-state index in [0.29, 0.717) is 53.9 Å². The predicted octanol–water partition coefficient (Wildman–Crippen LogP) is 6.33. The van der Waals surface area contributed by atoms with Crippen molar-refractivity contribution in [2.75, 3.05) is 50.9 Å². The molecule has 0 unspecified atom stereocenters. The van der Waals surface area contributed by atoms with Gasteiger partial charge in [-0.1, -0.05) is 30.2 Å². The number of hydrogen-bond acceptors (Lipinski definition) is 10. The van der Waals surface area contributed by atoms with Crippen molar-refractivity contribution in [2.45, 2.75) is 83.2 Å². The van der Waals surface area contributed by atoms with Crippen LogP contribution in [0.15, 0.2) is 30.3 Å². The number of nitrogens with zero attached hydrogens (tertiary/aromatic N) is 6. The van der Waals surface area contributed by atoms with Crippen LogP contribution in [0.1, 0.15) is 58.9 Å². The van der Waals surface area contributed by atoms with Gasteiger partial charge in [0.1, 0.15) is 39.9 Å². The molecular formula is C41H44F2N6O5. The lowest BCUT2D eigenvalue weighted by atomic mass is 9.96. The van der Waals surface area contributed by atoms with E-state index in [9.17, 15) is 4.79 Å². The molecule has 0 radical (unpaired) electrons. The Morgan fingerprint density at radius 2 is 1.87 bits per heavy atom. The van der Waals surface area contributed by atoms with Crippen LogP contribution in [0, 0.1) is 29.4 Å². The highest BCUT2D eigenvalue weighted by molar-refractivity contribution is 6.03. The van der Waals surface area contributed by atoms with Crippen LogP contribution in [-0.4, -0.2) is 107 Å². The Kier molecular flexibility index (Phi) is 8.35. The van der Waals surface area contributed by atoms with Gasteiger partial charge >= 0.3 is 12.1 Å². The van der Waals surface area contributed by atoms with Gasteiger partial charge in [0.2, 0.25) is 5.88 Å². The SMILES string of the molecule is C#Cc1c(F)ccc2cccc(-c3nc4c5c(nc(OCC6(CN7CCOCC7)CC6)nc5c3F)N3C[C@H]5CC[C@@H]([C@H]3[C@H](C)O4)N5C(=O)OC(C)(C)C)c12. The average Bonchev–Trinajstić information content (AvgIpc) is 3.86. The summed E-state index contributed by atoms with van der Waals surface area (Å²) in [4.78, 5) is 34.6. The Balaban J connectivity index is 1.18. The maximum Gasteiger partial charge on any atom is 0.410 e. The van der Waals surface area contributed by atoms with Crippen molar-refractivity contribution in [3.05, 3.63) is 47.5 Å². The lowest BCUT2D eigenvalue weighted by molar-refractivity contribution is 0.000939. The highest BCUT2D eigenvalue weighted by Crippen LogP contribution is 2.49. The first-order valence-corrected chi connectivity index (χ1v) is 18.9. The van der Waals surface area contributed by atoms with Crippen molar-refractivity contribution < 1.29 is 32.5 Å². The molecule has 2 aromatic carbocycles. The Morgan fingerprint density at radius 1 is 1.07 bits per heavy atom. The van der Waals surface area contributed by atoms with E-state index in [2.05, 4.69) is 15.7 Å². The molecule has 0 spiro atoms. The second-order valence-corrected chi connectivity index (χ2v) is 16.4. The quantitative estimate of drug-likeness (QED) is 0.209. The van der Waals surface area contributed by atoms with Crippen molar-refractivity contribution in [3.8, 4) is 35.5 Å². The molecule has 3 saturated heterocycles. The van der Waals surface area contributed by atoms with E-state index < -0.39 is 23.3 Å². The fourth-order valence-corrected chi connectivity index (χ4v) is 8.93. The molecular weight excluding hydrogens is 694 g/mol. The van der Waals surface area contributed by atoms with Gasteiger partial charge in [-0.15, -0.1) is 6.42 Å². The van der Waals surface area contributed by atoms with Crippen molar-refractivity contribution in [1.29, 1.82) is 0 Å². The highest BCUT2D eigenvalue weighted by Gasteiger charge is 2.54. The predicted molar refractivity (Wildman–Crippen MR) is 199 cm³/mol. The summed E-state index contributed by atoms with van der Waals surface area (Å²) in [6, 6.07) is 7.43. The zero-order valence-electron chi connectivity index (χ0n) is 31.0. The van der Waals surface area contributed by atoms with Gasteiger partial charge in [0.25, 0.3) is 0 Å². The van der Waals surface area contributed by atoms with Crippen LogP contribution in [0.3, 0.4) is 0 Å². The third kappa shape index (κ3) is 5.94. The molecule has 13 heteroatoms. The summed E-state index contributed by atoms with van der Waals surface area (Å²) in [7, 11) is 0. The third-order valence-corrected chi connectivity index (χ3v) is 11.6. The second kappa shape index (κ2) is 12.9. The minimum absolute atomic E-state index is 0.0153. The number of benzene rings is 2. The summed E-state index contributed by atoms with van der Waals surface area (Å²) in [5.41, 5.74) is -0.470. The highest BCUT2D eigenvalue weighted by atomic mass is 19.1. The van der Waals surface area contributed by atoms with Gasteiger partial charge in [-0.3, -0.25) is 9.80 Å². The van der Waals surface area contributed by atoms with E-state index in [4.69, 9.17) is 40.3 Å². The van der Waals surface area contributed by atoms with E-state index >= 15 is 8.78 Å². The van der Waals surface area contributed by atoms with Crippen molar-refractivity contribution >= 4 is 33.6 Å². The molecule has 4 aliphatic heterocycles. The van der Waals surface area contributed by atoms with Crippen molar-refractivity contribution in [3.63, 3.8) is 0 Å². The third-order valence-electron chi connectivity index (χ3n) is 11.6. The molecule has 2 aromatic heterocycles. The number of terminal acetylenes is 1. The Morgan fingerprint density at radius 3 is 2.61 bits per heavy atom. The Hall–Kier alpha value is -4.80. The van der Waals surface area contributed by atoms with Gasteiger partial charge in [-0.25, -0.2) is 18.6 Å². The number of rotatable bonds is 6. The molecule has 1 amide bonds. The lowest BCUT2D eigenvalue weighted by Gasteiger charge is -2.48. The average molecular weight is 739 g/mol. The summed E-state index contributed by atoms with van der Waals surface area (Å²) in [6.07, 6.45) is 8.47. The van der Waals surface area contributed by atoms with Crippen LogP contribution in [0.25, 0.3) is 32.9 Å². The number of carbonyl (C=O) groups excluding carboxylic acids is 1. The molecule has 4 fully saturated rings. The number of ether oxygens (including phenoxy) is 4. The number of morpholine rings is 1. The van der Waals surface area contributed by atoms with Gasteiger partial charge in [-0.2, -0.15) is 9.97 Å². The minimum atomic E-state index is -0.721. The van der Waals surface area contributed by atoms with Gasteiger partial charge in [-0.05, 0) is 64.8 Å². The lowest BCUT2D eigenvalue weighted by Crippen LogP contribution is -2.65. The number of hydrogen-bond donors (Lipinski definition) is 0. The Labute approximate surface area is 312 Å². The molecule has 4 atom stereocenters. The Bertz CT molecular complexity index is 2210. The molecule has 54 heavy (non-hydrogen) atoms. The molecule has 2 bridgehead atoms. The largest absolute Gasteiger partial charge is 0.472 e. The number of amides is 1. The maximum atomic E-state index is 17.3. The number of fused-ring (bicyclic) bond motifs is 6. The zero-order valence-corrected chi connectivity index (χ0v) is 31.0. The van der Waals surface area contributed by atoms with E-state index in [1.54, 1.807) is 24.3 Å². The number of pyridine rings is 1. The number of aromatic nitrogens is 3. The maximum absolute atomic E-state index is 17.3. The molecule has 1 aliphatic carbocycles. The summed E-state index contributed by atoms with van der Waals surface area (Å²) < 4.78 is 57.0. The van der Waals surface area contributed by atoms with E-state index in [1.165, 1.54) is 6.07 Å². The van der Waals surface area contributed by atoms with Gasteiger partial charge in [0.15, 0.2) is 5.82 Å². The summed E-state index contributed by atoms with van der Waals surface area (Å²) in [5.74, 6) is 1.74. The van der Waals surface area contributed by atoms with E-state index in [0.717, 1.165) is 45.3 Å². The summed E-state index contributed by atoms with van der Waals surface area (Å²) in [6.45, 7) is 12.4. The smallest absolute Gasteiger partial charge is 0.410 e. The first-order valence-electron chi connectivity index (χ1n) is 18.9. The first-order chi connectivity index (χ1) is 25.9. The summed E-state index contributed by atoms with van der Waals surface area (Å²) >= 11 is 0. The van der Waals surface area contributed by atoms with Crippen LogP contribution in [0.4, 0.5) is 19.4 Å². The monoisotopic (exact) mass is 738 g/mol. The second-order valence-electron chi connectivity index (χ2n) is 16.4. The molecule has 4 aromatic rings. The van der Waals surface area contributed by atoms with Gasteiger partial charge in [0, 0.05) is 42.5 Å². The van der Waals surface area contributed by atoms with E-state index in [-0.39, 0.29) is 58.3 Å². The molecule has 9 rings (SSSR count). The normalized spacial score (nSPS) is 24.5. The fraction of sp³-hybridized carbons (Fsp3) is 0.512. The standard InChI is InChI=1S/C41H44F2N6O5/c1-6-26-28(42)12-10-24-8-7-9-27(30(24)26)33-32(43)34-31-36(46-38(45-34)52-22-41(14-15-41)21-47-16-18-51-19-17-47)48-20-25-11-13-29(35(48)23(2)53-37(31)44-33)49(25)39(50)54-40(3,4)5/h1,7-10,12,23,25,29,35H,11,13-22H2,2-5H3/t23-,25+,29-,35+/m0/s1. The molecule has 6 heterocycles. The molecule has 5 aliphatic rings. The van der Waals surface area contributed by atoms with Gasteiger partial charge in [0.05, 0.1) is 43.5 Å². The summed E-state index contributed by atoms with van der Waals surface area (Å²) in [5, 5.41) is 1.33. The minimum Gasteiger partial charge on any atom is -0.472 e. The van der Waals surface area contributed by atoms with Crippen LogP contribution in [-0.2, 0) is 9.47 Å². The van der Waals surface area contributed by atoms with Crippen LogP contribution >= 0.6 is 0 Å². The van der Waals surface area contributed by atoms with E-state index in [1.807, 2.05) is 32.6 Å². The van der Waals surface area contributed by atoms with Crippen LogP contribution in [0.5, 0.6) is 11.9 Å². The number of carbonyl (C=O) groups is 1. The van der Waals surface area contributed by atoms with Crippen LogP contribution in [0.2, 0.25) is 0 Å². The van der Waals surface area contributed by atoms with Gasteiger partial charge < -0.3 is 23.8 Å². The van der Waals surface area contributed by atoms with Crippen molar-refractivity contribution in [2.24, 2.45) is 5.41 Å². The zero-order chi connectivity index (χ0) is 37.5. The molecule has 1 saturated carbocycles. The fourth-order valence-electron chi connectivity index (χ4n) is 8.93. The van der Waals surface area contributed by atoms with Crippen LogP contribution < -0.4 is 14.4 Å². The number of anilines is 1. The molecule has 11 nitrogen and oxygen atoms in total. The first kappa shape index (κ1) is 34.9. The number of piperazine rings is 1.